The SMILES string of the molecule is O=C(CCc1cc(-c2ccc(Br)cc2)no1)c1ccc(Oc2ccccc2)nc1. The van der Waals surface area contributed by atoms with Gasteiger partial charge in [-0.05, 0) is 30.3 Å². The maximum absolute atomic E-state index is 12.5. The van der Waals surface area contributed by atoms with Gasteiger partial charge in [-0.1, -0.05) is 51.4 Å². The maximum Gasteiger partial charge on any atom is 0.219 e. The molecule has 0 atom stereocenters. The van der Waals surface area contributed by atoms with E-state index in [0.717, 1.165) is 15.7 Å². The molecule has 0 N–H and O–H groups in total. The maximum atomic E-state index is 12.5. The van der Waals surface area contributed by atoms with Crippen molar-refractivity contribution in [2.45, 2.75) is 12.8 Å². The Morgan fingerprint density at radius 2 is 1.79 bits per heavy atom. The number of aromatic nitrogens is 2. The van der Waals surface area contributed by atoms with Crippen LogP contribution in [0.25, 0.3) is 11.3 Å². The van der Waals surface area contributed by atoms with Crippen LogP contribution < -0.4 is 4.74 Å². The first-order chi connectivity index (χ1) is 14.2. The van der Waals surface area contributed by atoms with Crippen molar-refractivity contribution in [2.24, 2.45) is 0 Å². The van der Waals surface area contributed by atoms with E-state index in [1.165, 1.54) is 6.20 Å². The highest BCUT2D eigenvalue weighted by atomic mass is 79.9. The lowest BCUT2D eigenvalue weighted by atomic mass is 10.1. The summed E-state index contributed by atoms with van der Waals surface area (Å²) >= 11 is 3.41. The highest BCUT2D eigenvalue weighted by Gasteiger charge is 2.11. The van der Waals surface area contributed by atoms with E-state index in [2.05, 4.69) is 26.1 Å². The smallest absolute Gasteiger partial charge is 0.219 e. The zero-order chi connectivity index (χ0) is 20.1. The van der Waals surface area contributed by atoms with Crippen molar-refractivity contribution in [1.82, 2.24) is 10.1 Å². The Morgan fingerprint density at radius 3 is 2.52 bits per heavy atom. The predicted octanol–water partition coefficient (Wildman–Crippen LogP) is 6.11. The van der Waals surface area contributed by atoms with Gasteiger partial charge in [0.15, 0.2) is 5.78 Å². The Balaban J connectivity index is 1.34. The number of carbonyl (C=O) groups excluding carboxylic acids is 1. The molecular formula is C23H17BrN2O3. The van der Waals surface area contributed by atoms with Crippen molar-refractivity contribution >= 4 is 21.7 Å². The third kappa shape index (κ3) is 4.97. The summed E-state index contributed by atoms with van der Waals surface area (Å²) < 4.78 is 12.0. The van der Waals surface area contributed by atoms with Crippen LogP contribution in [0, 0.1) is 0 Å². The monoisotopic (exact) mass is 448 g/mol. The van der Waals surface area contributed by atoms with Gasteiger partial charge >= 0.3 is 0 Å². The van der Waals surface area contributed by atoms with Gasteiger partial charge in [-0.3, -0.25) is 4.79 Å². The fourth-order valence-corrected chi connectivity index (χ4v) is 3.05. The molecule has 0 saturated heterocycles. The Kier molecular flexibility index (Phi) is 5.81. The summed E-state index contributed by atoms with van der Waals surface area (Å²) in [6.45, 7) is 0. The first kappa shape index (κ1) is 19.1. The van der Waals surface area contributed by atoms with Crippen LogP contribution in [0.5, 0.6) is 11.6 Å². The van der Waals surface area contributed by atoms with E-state index in [1.54, 1.807) is 12.1 Å². The Hall–Kier alpha value is -3.25. The summed E-state index contributed by atoms with van der Waals surface area (Å²) in [6.07, 6.45) is 2.33. The van der Waals surface area contributed by atoms with Crippen LogP contribution in [-0.2, 0) is 6.42 Å². The van der Waals surface area contributed by atoms with Crippen LogP contribution in [-0.4, -0.2) is 15.9 Å². The first-order valence-corrected chi connectivity index (χ1v) is 9.90. The van der Waals surface area contributed by atoms with Crippen molar-refractivity contribution in [3.8, 4) is 22.9 Å². The quantitative estimate of drug-likeness (QED) is 0.319. The fraction of sp³-hybridized carbons (Fsp3) is 0.0870. The average Bonchev–Trinajstić information content (AvgIpc) is 3.23. The minimum Gasteiger partial charge on any atom is -0.439 e. The number of hydrogen-bond donors (Lipinski definition) is 0. The second-order valence-electron chi connectivity index (χ2n) is 6.41. The molecule has 5 nitrogen and oxygen atoms in total. The minimum atomic E-state index is -0.00893. The Morgan fingerprint density at radius 1 is 1.00 bits per heavy atom. The van der Waals surface area contributed by atoms with Crippen molar-refractivity contribution in [3.63, 3.8) is 0 Å². The lowest BCUT2D eigenvalue weighted by Crippen LogP contribution is -2.01. The van der Waals surface area contributed by atoms with Gasteiger partial charge in [0.2, 0.25) is 5.88 Å². The van der Waals surface area contributed by atoms with E-state index < -0.39 is 0 Å². The van der Waals surface area contributed by atoms with Crippen LogP contribution >= 0.6 is 15.9 Å². The van der Waals surface area contributed by atoms with E-state index in [-0.39, 0.29) is 5.78 Å². The summed E-state index contributed by atoms with van der Waals surface area (Å²) in [4.78, 5) is 16.7. The van der Waals surface area contributed by atoms with Crippen LogP contribution in [0.2, 0.25) is 0 Å². The zero-order valence-electron chi connectivity index (χ0n) is 15.4. The lowest BCUT2D eigenvalue weighted by Gasteiger charge is -2.05. The Bertz CT molecular complexity index is 1090. The number of aryl methyl sites for hydroxylation is 1. The van der Waals surface area contributed by atoms with Gasteiger partial charge in [0.25, 0.3) is 0 Å². The molecule has 0 aliphatic carbocycles. The third-order valence-corrected chi connectivity index (χ3v) is 4.85. The number of para-hydroxylation sites is 1. The van der Waals surface area contributed by atoms with Crippen LogP contribution in [0.1, 0.15) is 22.5 Å². The highest BCUT2D eigenvalue weighted by molar-refractivity contribution is 9.10. The number of Topliss-reactive ketones (excluding diaryl/α,β-unsaturated/α-hetero) is 1. The molecule has 0 unspecified atom stereocenters. The number of ether oxygens (including phenoxy) is 1. The fourth-order valence-electron chi connectivity index (χ4n) is 2.78. The number of hydrogen-bond acceptors (Lipinski definition) is 5. The highest BCUT2D eigenvalue weighted by Crippen LogP contribution is 2.23. The predicted molar refractivity (Wildman–Crippen MR) is 113 cm³/mol. The normalized spacial score (nSPS) is 10.7. The second kappa shape index (κ2) is 8.84. The number of pyridine rings is 1. The molecule has 0 aliphatic heterocycles. The first-order valence-electron chi connectivity index (χ1n) is 9.11. The lowest BCUT2D eigenvalue weighted by molar-refractivity contribution is 0.0980. The molecule has 2 aromatic heterocycles. The number of nitrogens with zero attached hydrogens (tertiary/aromatic N) is 2. The standard InChI is InChI=1S/C23H17BrN2O3/c24-18-9-6-16(7-10-18)21-14-20(29-26-21)11-12-22(27)17-8-13-23(25-15-17)28-19-4-2-1-3-5-19/h1-10,13-15H,11-12H2. The molecule has 6 heteroatoms. The van der Waals surface area contributed by atoms with Crippen molar-refractivity contribution < 1.29 is 14.1 Å². The summed E-state index contributed by atoms with van der Waals surface area (Å²) in [5, 5.41) is 4.09. The van der Waals surface area contributed by atoms with E-state index in [1.807, 2.05) is 60.7 Å². The van der Waals surface area contributed by atoms with E-state index >= 15 is 0 Å². The summed E-state index contributed by atoms with van der Waals surface area (Å²) in [6, 6.07) is 22.5. The van der Waals surface area contributed by atoms with E-state index in [0.29, 0.717) is 35.8 Å². The summed E-state index contributed by atoms with van der Waals surface area (Å²) in [5.41, 5.74) is 2.26. The van der Waals surface area contributed by atoms with Crippen LogP contribution in [0.15, 0.2) is 88.0 Å². The Labute approximate surface area is 176 Å². The number of halogens is 1. The molecule has 0 saturated carbocycles. The summed E-state index contributed by atoms with van der Waals surface area (Å²) in [7, 11) is 0. The van der Waals surface area contributed by atoms with E-state index in [9.17, 15) is 4.79 Å². The number of ketones is 1. The molecule has 0 fully saturated rings. The molecule has 0 aliphatic rings. The molecule has 2 heterocycles. The molecule has 0 amide bonds. The molecule has 4 rings (SSSR count). The van der Waals surface area contributed by atoms with Gasteiger partial charge in [-0.25, -0.2) is 4.98 Å². The van der Waals surface area contributed by atoms with Gasteiger partial charge in [0.1, 0.15) is 17.2 Å². The largest absolute Gasteiger partial charge is 0.439 e. The average molecular weight is 449 g/mol. The second-order valence-corrected chi connectivity index (χ2v) is 7.32. The molecule has 0 spiro atoms. The third-order valence-electron chi connectivity index (χ3n) is 4.32. The number of benzene rings is 2. The van der Waals surface area contributed by atoms with Gasteiger partial charge in [0.05, 0.1) is 0 Å². The van der Waals surface area contributed by atoms with Crippen molar-refractivity contribution in [2.75, 3.05) is 0 Å². The van der Waals surface area contributed by atoms with Gasteiger partial charge < -0.3 is 9.26 Å². The molecule has 144 valence electrons. The molecular weight excluding hydrogens is 432 g/mol. The molecule has 4 aromatic rings. The van der Waals surface area contributed by atoms with Crippen molar-refractivity contribution in [1.29, 1.82) is 0 Å². The molecule has 0 radical (unpaired) electrons. The van der Waals surface area contributed by atoms with Crippen LogP contribution in [0.4, 0.5) is 0 Å². The number of rotatable bonds is 7. The van der Waals surface area contributed by atoms with Crippen LogP contribution in [0.3, 0.4) is 0 Å². The molecule has 2 aromatic carbocycles. The van der Waals surface area contributed by atoms with Gasteiger partial charge in [0, 0.05) is 46.8 Å². The zero-order valence-corrected chi connectivity index (χ0v) is 17.0. The summed E-state index contributed by atoms with van der Waals surface area (Å²) in [5.74, 6) is 1.81. The topological polar surface area (TPSA) is 65.2 Å². The van der Waals surface area contributed by atoms with Crippen molar-refractivity contribution in [3.05, 3.63) is 94.8 Å². The van der Waals surface area contributed by atoms with E-state index in [4.69, 9.17) is 9.26 Å². The molecule has 29 heavy (non-hydrogen) atoms. The van der Waals surface area contributed by atoms with Gasteiger partial charge in [-0.15, -0.1) is 0 Å². The van der Waals surface area contributed by atoms with Gasteiger partial charge in [-0.2, -0.15) is 0 Å². The minimum absolute atomic E-state index is 0.00893. The molecule has 0 bridgehead atoms. The number of carbonyl (C=O) groups is 1.